The molecule has 3 aromatic rings. The van der Waals surface area contributed by atoms with Crippen LogP contribution in [0, 0.1) is 5.92 Å². The fourth-order valence-electron chi connectivity index (χ4n) is 4.53. The zero-order valence-corrected chi connectivity index (χ0v) is 22.5. The van der Waals surface area contributed by atoms with Gasteiger partial charge in [0.1, 0.15) is 5.60 Å². The van der Waals surface area contributed by atoms with Gasteiger partial charge >= 0.3 is 6.09 Å². The standard InChI is InChI=1S/C26H32ClN3O5S/c1-26(2,3)35-25(33)29-13-10-16(11-14-29)12-15-30-23(32)17-6-5-7-18(21(17)24(30)34-4)28-22(31)19-8-9-20(27)36-19/h5-9,16,32H,10-15H2,1-4H3,(H,28,31). The molecule has 2 N–H and O–H groups in total. The zero-order chi connectivity index (χ0) is 26.0. The van der Waals surface area contributed by atoms with Gasteiger partial charge in [0.15, 0.2) is 0 Å². The molecule has 1 aliphatic rings. The van der Waals surface area contributed by atoms with Gasteiger partial charge in [-0.25, -0.2) is 4.79 Å². The molecular formula is C26H32ClN3O5S. The predicted octanol–water partition coefficient (Wildman–Crippen LogP) is 6.36. The summed E-state index contributed by atoms with van der Waals surface area (Å²) in [6, 6.07) is 8.74. The summed E-state index contributed by atoms with van der Waals surface area (Å²) in [5.41, 5.74) is 0.0479. The number of piperidine rings is 1. The number of carbonyl (C=O) groups is 2. The highest BCUT2D eigenvalue weighted by Gasteiger charge is 2.28. The van der Waals surface area contributed by atoms with Crippen molar-refractivity contribution in [1.82, 2.24) is 9.47 Å². The van der Waals surface area contributed by atoms with Gasteiger partial charge in [0, 0.05) is 25.0 Å². The third-order valence-corrected chi connectivity index (χ3v) is 7.52. The van der Waals surface area contributed by atoms with Crippen LogP contribution < -0.4 is 10.1 Å². The van der Waals surface area contributed by atoms with E-state index in [1.165, 1.54) is 11.3 Å². The van der Waals surface area contributed by atoms with Crippen LogP contribution in [0.25, 0.3) is 10.8 Å². The Morgan fingerprint density at radius 1 is 1.19 bits per heavy atom. The molecule has 0 saturated carbocycles. The van der Waals surface area contributed by atoms with Gasteiger partial charge in [-0.1, -0.05) is 17.7 Å². The van der Waals surface area contributed by atoms with Gasteiger partial charge in [-0.3, -0.25) is 9.36 Å². The van der Waals surface area contributed by atoms with Crippen LogP contribution >= 0.6 is 22.9 Å². The number of aromatic hydroxyl groups is 1. The highest BCUT2D eigenvalue weighted by molar-refractivity contribution is 7.18. The number of fused-ring (bicyclic) bond motifs is 1. The van der Waals surface area contributed by atoms with Crippen LogP contribution in [0.15, 0.2) is 30.3 Å². The Morgan fingerprint density at radius 2 is 1.92 bits per heavy atom. The molecule has 4 rings (SSSR count). The number of rotatable bonds is 6. The number of nitrogens with zero attached hydrogens (tertiary/aromatic N) is 2. The maximum atomic E-state index is 12.7. The molecule has 3 heterocycles. The molecule has 0 radical (unpaired) electrons. The Labute approximate surface area is 219 Å². The number of halogens is 1. The van der Waals surface area contributed by atoms with E-state index in [4.69, 9.17) is 21.1 Å². The summed E-state index contributed by atoms with van der Waals surface area (Å²) < 4.78 is 13.5. The average molecular weight is 534 g/mol. The van der Waals surface area contributed by atoms with Crippen LogP contribution in [0.4, 0.5) is 10.5 Å². The fraction of sp³-hybridized carbons (Fsp3) is 0.462. The number of amides is 2. The van der Waals surface area contributed by atoms with Crippen molar-refractivity contribution in [1.29, 1.82) is 0 Å². The van der Waals surface area contributed by atoms with E-state index in [1.54, 1.807) is 46.9 Å². The van der Waals surface area contributed by atoms with Crippen molar-refractivity contribution >= 4 is 51.4 Å². The number of likely N-dealkylation sites (tertiary alicyclic amines) is 1. The van der Waals surface area contributed by atoms with E-state index < -0.39 is 5.60 Å². The highest BCUT2D eigenvalue weighted by atomic mass is 35.5. The molecule has 0 bridgehead atoms. The largest absolute Gasteiger partial charge is 0.494 e. The molecule has 2 aromatic heterocycles. The van der Waals surface area contributed by atoms with Gasteiger partial charge in [0.2, 0.25) is 11.8 Å². The lowest BCUT2D eigenvalue weighted by atomic mass is 9.94. The molecule has 36 heavy (non-hydrogen) atoms. The number of ether oxygens (including phenoxy) is 2. The van der Waals surface area contributed by atoms with E-state index in [0.717, 1.165) is 19.3 Å². The van der Waals surface area contributed by atoms with E-state index in [1.807, 2.05) is 20.8 Å². The first-order valence-corrected chi connectivity index (χ1v) is 13.2. The van der Waals surface area contributed by atoms with Crippen LogP contribution in [0.3, 0.4) is 0 Å². The van der Waals surface area contributed by atoms with Crippen LogP contribution in [0.5, 0.6) is 11.8 Å². The van der Waals surface area contributed by atoms with Crippen molar-refractivity contribution in [2.75, 3.05) is 25.5 Å². The number of carbonyl (C=O) groups excluding carboxylic acids is 2. The van der Waals surface area contributed by atoms with E-state index in [2.05, 4.69) is 5.32 Å². The number of anilines is 1. The van der Waals surface area contributed by atoms with Crippen LogP contribution in [-0.4, -0.2) is 52.4 Å². The van der Waals surface area contributed by atoms with Gasteiger partial charge in [-0.2, -0.15) is 0 Å². The van der Waals surface area contributed by atoms with Crippen LogP contribution in [-0.2, 0) is 11.3 Å². The van der Waals surface area contributed by atoms with Crippen molar-refractivity contribution in [2.45, 2.75) is 52.2 Å². The van der Waals surface area contributed by atoms with Crippen molar-refractivity contribution in [2.24, 2.45) is 5.92 Å². The van der Waals surface area contributed by atoms with E-state index in [-0.39, 0.29) is 17.9 Å². The minimum atomic E-state index is -0.506. The molecule has 0 spiro atoms. The lowest BCUT2D eigenvalue weighted by Crippen LogP contribution is -2.41. The summed E-state index contributed by atoms with van der Waals surface area (Å²) in [6.07, 6.45) is 2.29. The quantitative estimate of drug-likeness (QED) is 0.384. The maximum Gasteiger partial charge on any atom is 0.410 e. The van der Waals surface area contributed by atoms with Gasteiger partial charge in [-0.15, -0.1) is 11.3 Å². The number of methoxy groups -OCH3 is 1. The summed E-state index contributed by atoms with van der Waals surface area (Å²) in [7, 11) is 1.56. The second-order valence-electron chi connectivity index (χ2n) is 9.97. The maximum absolute atomic E-state index is 12.7. The monoisotopic (exact) mass is 533 g/mol. The minimum Gasteiger partial charge on any atom is -0.494 e. The normalized spacial score (nSPS) is 14.8. The molecule has 1 fully saturated rings. The third kappa shape index (κ3) is 5.73. The summed E-state index contributed by atoms with van der Waals surface area (Å²) >= 11 is 7.18. The zero-order valence-electron chi connectivity index (χ0n) is 21.0. The molecule has 1 saturated heterocycles. The second kappa shape index (κ2) is 10.6. The molecule has 8 nitrogen and oxygen atoms in total. The number of aromatic nitrogens is 1. The Bertz CT molecular complexity index is 1250. The first-order chi connectivity index (χ1) is 17.1. The Balaban J connectivity index is 1.46. The Hall–Kier alpha value is -2.91. The van der Waals surface area contributed by atoms with E-state index in [9.17, 15) is 14.7 Å². The van der Waals surface area contributed by atoms with E-state index in [0.29, 0.717) is 57.1 Å². The number of hydrogen-bond acceptors (Lipinski definition) is 6. The van der Waals surface area contributed by atoms with Crippen molar-refractivity contribution in [3.8, 4) is 11.8 Å². The summed E-state index contributed by atoms with van der Waals surface area (Å²) in [5, 5.41) is 15.2. The molecule has 194 valence electrons. The van der Waals surface area contributed by atoms with Crippen molar-refractivity contribution in [3.63, 3.8) is 0 Å². The first kappa shape index (κ1) is 26.2. The molecule has 1 aliphatic heterocycles. The van der Waals surface area contributed by atoms with Crippen LogP contribution in [0.2, 0.25) is 4.34 Å². The second-order valence-corrected chi connectivity index (χ2v) is 11.7. The first-order valence-electron chi connectivity index (χ1n) is 12.0. The van der Waals surface area contributed by atoms with Crippen molar-refractivity contribution in [3.05, 3.63) is 39.5 Å². The lowest BCUT2D eigenvalue weighted by Gasteiger charge is -2.33. The average Bonchev–Trinajstić information content (AvgIpc) is 3.38. The topological polar surface area (TPSA) is 93.0 Å². The molecule has 2 amide bonds. The highest BCUT2D eigenvalue weighted by Crippen LogP contribution is 2.42. The van der Waals surface area contributed by atoms with Gasteiger partial charge in [0.05, 0.1) is 27.4 Å². The van der Waals surface area contributed by atoms with Gasteiger partial charge in [-0.05, 0) is 70.2 Å². The number of nitrogens with one attached hydrogen (secondary N) is 1. The molecule has 0 unspecified atom stereocenters. The summed E-state index contributed by atoms with van der Waals surface area (Å²) in [5.74, 6) is 0.726. The van der Waals surface area contributed by atoms with Crippen molar-refractivity contribution < 1.29 is 24.2 Å². The van der Waals surface area contributed by atoms with Crippen LogP contribution in [0.1, 0.15) is 49.7 Å². The predicted molar refractivity (Wildman–Crippen MR) is 143 cm³/mol. The lowest BCUT2D eigenvalue weighted by molar-refractivity contribution is 0.0179. The number of hydrogen-bond donors (Lipinski definition) is 2. The van der Waals surface area contributed by atoms with Gasteiger partial charge < -0.3 is 24.8 Å². The molecule has 0 atom stereocenters. The molecule has 10 heteroatoms. The van der Waals surface area contributed by atoms with E-state index >= 15 is 0 Å². The summed E-state index contributed by atoms with van der Waals surface area (Å²) in [6.45, 7) is 7.46. The summed E-state index contributed by atoms with van der Waals surface area (Å²) in [4.78, 5) is 27.3. The molecule has 1 aromatic carbocycles. The fourth-order valence-corrected chi connectivity index (χ4v) is 5.47. The Kier molecular flexibility index (Phi) is 7.70. The smallest absolute Gasteiger partial charge is 0.410 e. The molecular weight excluding hydrogens is 502 g/mol. The molecule has 0 aliphatic carbocycles. The number of thiophene rings is 1. The SMILES string of the molecule is COc1c2c(NC(=O)c3ccc(Cl)s3)cccc2c(O)n1CCC1CCN(C(=O)OC(C)(C)C)CC1. The third-order valence-electron chi connectivity index (χ3n) is 6.29. The minimum absolute atomic E-state index is 0.100. The van der Waals surface area contributed by atoms with Gasteiger partial charge in [0.25, 0.3) is 5.91 Å². The number of benzene rings is 1. The Morgan fingerprint density at radius 3 is 2.53 bits per heavy atom.